The van der Waals surface area contributed by atoms with Crippen LogP contribution in [0.2, 0.25) is 0 Å². The highest BCUT2D eigenvalue weighted by molar-refractivity contribution is 7.37. The van der Waals surface area contributed by atoms with E-state index in [1.54, 1.807) is 36.4 Å². The maximum Gasteiger partial charge on any atom is 0.601 e. The minimum atomic E-state index is -2.18. The van der Waals surface area contributed by atoms with E-state index in [0.717, 1.165) is 21.5 Å². The van der Waals surface area contributed by atoms with Gasteiger partial charge in [0.05, 0.1) is 0 Å². The normalized spacial score (nSPS) is 12.3. The number of hydrogen-bond acceptors (Lipinski definition) is 6. The molecule has 0 aliphatic heterocycles. The molecule has 5 aromatic carbocycles. The molecule has 0 bridgehead atoms. The molecule has 2 heterocycles. The van der Waals surface area contributed by atoms with E-state index >= 15 is 0 Å². The van der Waals surface area contributed by atoms with Gasteiger partial charge in [-0.2, -0.15) is 0 Å². The highest BCUT2D eigenvalue weighted by Crippen LogP contribution is 2.46. The van der Waals surface area contributed by atoms with Crippen molar-refractivity contribution in [2.75, 3.05) is 0 Å². The van der Waals surface area contributed by atoms with Crippen LogP contribution in [0.15, 0.2) is 118 Å². The highest BCUT2D eigenvalue weighted by atomic mass is 31.1. The van der Waals surface area contributed by atoms with Crippen LogP contribution in [0.25, 0.3) is 42.9 Å². The minimum absolute atomic E-state index is 0.410. The summed E-state index contributed by atoms with van der Waals surface area (Å²) in [5, 5.41) is 4.28. The number of para-hydroxylation sites is 4. The summed E-state index contributed by atoms with van der Waals surface area (Å²) in [4.78, 5) is 0. The largest absolute Gasteiger partial charge is 0.601 e. The van der Waals surface area contributed by atoms with Crippen molar-refractivity contribution < 1.29 is 27.0 Å². The summed E-state index contributed by atoms with van der Waals surface area (Å²) in [6.07, 6.45) is 0. The van der Waals surface area contributed by atoms with E-state index in [1.807, 2.05) is 72.8 Å². The average Bonchev–Trinajstić information content (AvgIpc) is 2.94. The molecule has 0 spiro atoms. The summed E-state index contributed by atoms with van der Waals surface area (Å²) < 4.78 is 50.2. The number of fused-ring (bicyclic) bond motifs is 6. The van der Waals surface area contributed by atoms with Crippen LogP contribution in [0.5, 0.6) is 23.0 Å². The topological polar surface area (TPSA) is 78.9 Å². The molecule has 0 radical (unpaired) electrons. The van der Waals surface area contributed by atoms with Crippen molar-refractivity contribution in [1.29, 1.82) is 0 Å². The van der Waals surface area contributed by atoms with Gasteiger partial charge >= 0.3 is 15.3 Å². The van der Waals surface area contributed by atoms with E-state index in [0.29, 0.717) is 44.4 Å². The van der Waals surface area contributed by atoms with Gasteiger partial charge in [-0.05, 0) is 57.7 Å². The Kier molecular flexibility index (Phi) is 5.44. The summed E-state index contributed by atoms with van der Waals surface area (Å²) in [5.74, 6) is 1.64. The molecule has 0 N–H and O–H groups in total. The molecule has 182 valence electrons. The Balaban J connectivity index is 1.35. The van der Waals surface area contributed by atoms with Crippen molar-refractivity contribution in [3.05, 3.63) is 109 Å². The van der Waals surface area contributed by atoms with Crippen molar-refractivity contribution in [2.24, 2.45) is 0 Å². The Morgan fingerprint density at radius 2 is 0.789 bits per heavy atom. The lowest BCUT2D eigenvalue weighted by atomic mass is 10.1. The maximum atomic E-state index is 13.1. The van der Waals surface area contributed by atoms with E-state index in [2.05, 4.69) is 0 Å². The Bertz CT molecular complexity index is 1990. The Morgan fingerprint density at radius 1 is 0.421 bits per heavy atom. The van der Waals surface area contributed by atoms with Crippen molar-refractivity contribution in [1.82, 2.24) is 0 Å². The molecule has 38 heavy (non-hydrogen) atoms. The maximum absolute atomic E-state index is 13.1. The van der Waals surface area contributed by atoms with E-state index in [1.165, 1.54) is 0 Å². The molecule has 0 saturated heterocycles. The molecule has 0 saturated carbocycles. The summed E-state index contributed by atoms with van der Waals surface area (Å²) in [7, 11) is -4.35. The molecule has 2 atom stereocenters. The second-order valence-corrected chi connectivity index (χ2v) is 10.9. The predicted octanol–water partition coefficient (Wildman–Crippen LogP) is 10.6. The minimum Gasteiger partial charge on any atom is -0.448 e. The lowest BCUT2D eigenvalue weighted by Crippen LogP contribution is -1.91. The molecule has 2 aromatic heterocycles. The monoisotopic (exact) mass is 536 g/mol. The van der Waals surface area contributed by atoms with Crippen molar-refractivity contribution in [2.45, 2.75) is 0 Å². The molecule has 0 amide bonds. The van der Waals surface area contributed by atoms with Gasteiger partial charge in [0.15, 0.2) is 34.2 Å². The van der Waals surface area contributed by atoms with Crippen molar-refractivity contribution in [3.63, 3.8) is 0 Å². The summed E-state index contributed by atoms with van der Waals surface area (Å²) >= 11 is 0. The van der Waals surface area contributed by atoms with Crippen LogP contribution < -0.4 is 9.47 Å². The van der Waals surface area contributed by atoms with Crippen LogP contribution in [-0.4, -0.2) is 0 Å². The summed E-state index contributed by atoms with van der Waals surface area (Å²) in [6, 6.07) is 33.2. The number of hydrogen-bond donors (Lipinski definition) is 0. The molecule has 7 aromatic rings. The first kappa shape index (κ1) is 22.7. The van der Waals surface area contributed by atoms with Crippen LogP contribution in [0, 0.1) is 0 Å². The molecule has 0 fully saturated rings. The third-order valence-corrected chi connectivity index (χ3v) is 8.75. The predicted molar refractivity (Wildman–Crippen MR) is 149 cm³/mol. The third kappa shape index (κ3) is 3.74. The molecule has 2 unspecified atom stereocenters. The fourth-order valence-electron chi connectivity index (χ4n) is 4.68. The van der Waals surface area contributed by atoms with Gasteiger partial charge in [-0.25, -0.2) is 8.39 Å². The number of rotatable bonds is 4. The lowest BCUT2D eigenvalue weighted by molar-refractivity contribution is 0.424. The van der Waals surface area contributed by atoms with Crippen LogP contribution >= 0.6 is 15.3 Å². The Labute approximate surface area is 217 Å². The SMILES string of the molecule is O=[p+]1oc2ccccc2c2cccc(Oc3ccccc3Oc3cccc4c5ccccc5o[p+](=O)c34)c21. The van der Waals surface area contributed by atoms with E-state index in [9.17, 15) is 9.13 Å². The van der Waals surface area contributed by atoms with Crippen LogP contribution in [0.3, 0.4) is 0 Å². The van der Waals surface area contributed by atoms with E-state index in [-0.39, 0.29) is 0 Å². The van der Waals surface area contributed by atoms with Gasteiger partial charge in [0.1, 0.15) is 0 Å². The highest BCUT2D eigenvalue weighted by Gasteiger charge is 2.25. The average molecular weight is 536 g/mol. The molecular formula is C30H18O6P2+2. The Morgan fingerprint density at radius 3 is 1.26 bits per heavy atom. The zero-order valence-corrected chi connectivity index (χ0v) is 21.5. The van der Waals surface area contributed by atoms with E-state index in [4.69, 9.17) is 17.9 Å². The van der Waals surface area contributed by atoms with Gasteiger partial charge in [0, 0.05) is 21.5 Å². The number of ether oxygens (including phenoxy) is 2. The first-order valence-electron chi connectivity index (χ1n) is 11.9. The van der Waals surface area contributed by atoms with Gasteiger partial charge in [0.2, 0.25) is 0 Å². The van der Waals surface area contributed by atoms with Gasteiger partial charge in [-0.15, -0.1) is 0 Å². The molecule has 6 nitrogen and oxygen atoms in total. The fourth-order valence-corrected chi connectivity index (χ4v) is 6.93. The van der Waals surface area contributed by atoms with Crippen molar-refractivity contribution in [3.8, 4) is 23.0 Å². The zero-order valence-electron chi connectivity index (χ0n) is 19.7. The fraction of sp³-hybridized carbons (Fsp3) is 0. The van der Waals surface area contributed by atoms with Gasteiger partial charge in [-0.1, -0.05) is 60.7 Å². The summed E-state index contributed by atoms with van der Waals surface area (Å²) in [6.45, 7) is 0. The summed E-state index contributed by atoms with van der Waals surface area (Å²) in [5.41, 5.74) is 1.16. The van der Waals surface area contributed by atoms with E-state index < -0.39 is 15.3 Å². The molecular weight excluding hydrogens is 518 g/mol. The standard InChI is InChI=1S/C30H18O6P2/c31-37-29-21(19-9-1-3-13-23(19)35-37)11-7-17-27(29)33-25-15-5-6-16-26(25)34-28-18-8-12-22-20-10-2-4-14-24(20)36-38(32)30(22)28/h1-18H/q+2. The quantitative estimate of drug-likeness (QED) is 0.208. The lowest BCUT2D eigenvalue weighted by Gasteiger charge is -2.12. The molecule has 0 aliphatic rings. The van der Waals surface area contributed by atoms with Gasteiger partial charge < -0.3 is 9.47 Å². The van der Waals surface area contributed by atoms with Crippen LogP contribution in [-0.2, 0) is 9.13 Å². The molecule has 8 heteroatoms. The van der Waals surface area contributed by atoms with Crippen molar-refractivity contribution >= 4 is 58.3 Å². The Hall–Kier alpha value is -4.50. The molecule has 7 rings (SSSR count). The number of benzene rings is 5. The molecule has 0 aliphatic carbocycles. The second-order valence-electron chi connectivity index (χ2n) is 8.64. The van der Waals surface area contributed by atoms with Gasteiger partial charge in [0.25, 0.3) is 10.2 Å². The second kappa shape index (κ2) is 9.11. The van der Waals surface area contributed by atoms with Crippen LogP contribution in [0.1, 0.15) is 0 Å². The first-order chi connectivity index (χ1) is 18.7. The first-order valence-corrected chi connectivity index (χ1v) is 14.2. The zero-order chi connectivity index (χ0) is 25.6. The van der Waals surface area contributed by atoms with Crippen LogP contribution in [0.4, 0.5) is 0 Å². The van der Waals surface area contributed by atoms with Gasteiger partial charge in [-0.3, -0.25) is 0 Å². The third-order valence-electron chi connectivity index (χ3n) is 6.37. The smallest absolute Gasteiger partial charge is 0.448 e.